The van der Waals surface area contributed by atoms with Gasteiger partial charge in [-0.25, -0.2) is 4.79 Å². The molecule has 0 bridgehead atoms. The van der Waals surface area contributed by atoms with Crippen LogP contribution in [-0.2, 0) is 0 Å². The van der Waals surface area contributed by atoms with Crippen LogP contribution in [0.25, 0.3) is 0 Å². The predicted octanol–water partition coefficient (Wildman–Crippen LogP) is 0.952. The highest BCUT2D eigenvalue weighted by Crippen LogP contribution is 2.03. The average Bonchev–Trinajstić information content (AvgIpc) is 2.23. The minimum Gasteiger partial charge on any atom is -0.387 e. The Balaban J connectivity index is 4.36. The van der Waals surface area contributed by atoms with Crippen LogP contribution in [0.4, 0.5) is 4.79 Å². The van der Waals surface area contributed by atoms with E-state index < -0.39 is 0 Å². The average molecular weight is 214 g/mol. The van der Waals surface area contributed by atoms with Crippen molar-refractivity contribution in [3.8, 4) is 0 Å². The zero-order valence-electron chi connectivity index (χ0n) is 10.1. The fourth-order valence-corrected chi connectivity index (χ4v) is 1.15. The Labute approximate surface area is 91.7 Å². The summed E-state index contributed by atoms with van der Waals surface area (Å²) in [4.78, 5) is 15.2. The molecular weight excluding hydrogens is 192 g/mol. The van der Waals surface area contributed by atoms with E-state index in [-0.39, 0.29) is 17.8 Å². The van der Waals surface area contributed by atoms with Gasteiger partial charge in [-0.15, -0.1) is 0 Å². The van der Waals surface area contributed by atoms with Crippen LogP contribution in [0.1, 0.15) is 20.8 Å². The number of amides is 2. The quantitative estimate of drug-likeness (QED) is 0.528. The number of amidine groups is 1. The third-order valence-electron chi connectivity index (χ3n) is 2.48. The SMILES string of the molecule is CCN(C)C(=O)N(CC)CC(C)C(=N)N. The highest BCUT2D eigenvalue weighted by molar-refractivity contribution is 5.80. The minimum atomic E-state index is -0.0841. The van der Waals surface area contributed by atoms with Gasteiger partial charge in [-0.2, -0.15) is 0 Å². The van der Waals surface area contributed by atoms with Crippen LogP contribution in [0, 0.1) is 11.3 Å². The fraction of sp³-hybridized carbons (Fsp3) is 0.800. The summed E-state index contributed by atoms with van der Waals surface area (Å²) in [7, 11) is 1.77. The first-order valence-electron chi connectivity index (χ1n) is 5.27. The summed E-state index contributed by atoms with van der Waals surface area (Å²) >= 11 is 0. The summed E-state index contributed by atoms with van der Waals surface area (Å²) in [6.45, 7) is 7.54. The van der Waals surface area contributed by atoms with Gasteiger partial charge in [-0.05, 0) is 13.8 Å². The third-order valence-corrected chi connectivity index (χ3v) is 2.48. The molecule has 0 aliphatic heterocycles. The molecule has 0 aromatic heterocycles. The number of hydrogen-bond acceptors (Lipinski definition) is 2. The van der Waals surface area contributed by atoms with Crippen molar-refractivity contribution in [3.63, 3.8) is 0 Å². The number of nitrogens with two attached hydrogens (primary N) is 1. The molecule has 15 heavy (non-hydrogen) atoms. The van der Waals surface area contributed by atoms with E-state index in [1.807, 2.05) is 20.8 Å². The molecule has 88 valence electrons. The lowest BCUT2D eigenvalue weighted by atomic mass is 10.1. The van der Waals surface area contributed by atoms with E-state index in [0.29, 0.717) is 19.6 Å². The normalized spacial score (nSPS) is 12.0. The smallest absolute Gasteiger partial charge is 0.319 e. The molecule has 0 aliphatic rings. The molecule has 0 aliphatic carbocycles. The summed E-state index contributed by atoms with van der Waals surface area (Å²) in [6.07, 6.45) is 0. The van der Waals surface area contributed by atoms with E-state index in [9.17, 15) is 4.79 Å². The molecule has 0 rings (SSSR count). The molecule has 2 amide bonds. The standard InChI is InChI=1S/C10H22N4O/c1-5-13(4)10(15)14(6-2)7-8(3)9(11)12/h8H,5-7H2,1-4H3,(H3,11,12). The molecule has 0 spiro atoms. The lowest BCUT2D eigenvalue weighted by molar-refractivity contribution is 0.164. The summed E-state index contributed by atoms with van der Waals surface area (Å²) < 4.78 is 0. The molecule has 0 saturated carbocycles. The van der Waals surface area contributed by atoms with Crippen molar-refractivity contribution in [3.05, 3.63) is 0 Å². The van der Waals surface area contributed by atoms with E-state index in [2.05, 4.69) is 0 Å². The van der Waals surface area contributed by atoms with Gasteiger partial charge < -0.3 is 15.5 Å². The van der Waals surface area contributed by atoms with E-state index in [4.69, 9.17) is 11.1 Å². The van der Waals surface area contributed by atoms with Gasteiger partial charge in [0.15, 0.2) is 0 Å². The molecule has 0 saturated heterocycles. The lowest BCUT2D eigenvalue weighted by Gasteiger charge is -2.28. The zero-order chi connectivity index (χ0) is 12.0. The topological polar surface area (TPSA) is 73.4 Å². The van der Waals surface area contributed by atoms with E-state index in [1.54, 1.807) is 16.8 Å². The highest BCUT2D eigenvalue weighted by atomic mass is 16.2. The molecule has 0 fully saturated rings. The van der Waals surface area contributed by atoms with Gasteiger partial charge in [0.2, 0.25) is 0 Å². The molecule has 5 nitrogen and oxygen atoms in total. The molecule has 0 heterocycles. The Morgan fingerprint density at radius 1 is 1.40 bits per heavy atom. The number of carbonyl (C=O) groups excluding carboxylic acids is 1. The molecule has 5 heteroatoms. The van der Waals surface area contributed by atoms with E-state index >= 15 is 0 Å². The van der Waals surface area contributed by atoms with Crippen molar-refractivity contribution in [1.29, 1.82) is 5.41 Å². The Hall–Kier alpha value is -1.26. The van der Waals surface area contributed by atoms with Crippen molar-refractivity contribution in [2.75, 3.05) is 26.7 Å². The van der Waals surface area contributed by atoms with Crippen molar-refractivity contribution >= 4 is 11.9 Å². The number of hydrogen-bond donors (Lipinski definition) is 2. The van der Waals surface area contributed by atoms with Crippen LogP contribution in [0.15, 0.2) is 0 Å². The first kappa shape index (κ1) is 13.7. The Morgan fingerprint density at radius 3 is 2.27 bits per heavy atom. The summed E-state index contributed by atoms with van der Waals surface area (Å²) in [5.41, 5.74) is 5.38. The first-order chi connectivity index (χ1) is 6.93. The Bertz CT molecular complexity index is 229. The second-order valence-electron chi connectivity index (χ2n) is 3.69. The van der Waals surface area contributed by atoms with Gasteiger partial charge in [0.25, 0.3) is 0 Å². The van der Waals surface area contributed by atoms with Gasteiger partial charge in [-0.1, -0.05) is 6.92 Å². The number of urea groups is 1. The molecule has 0 aromatic rings. The van der Waals surface area contributed by atoms with E-state index in [1.165, 1.54) is 0 Å². The van der Waals surface area contributed by atoms with Crippen LogP contribution in [0.5, 0.6) is 0 Å². The van der Waals surface area contributed by atoms with E-state index in [0.717, 1.165) is 0 Å². The zero-order valence-corrected chi connectivity index (χ0v) is 10.1. The van der Waals surface area contributed by atoms with Crippen molar-refractivity contribution in [2.45, 2.75) is 20.8 Å². The van der Waals surface area contributed by atoms with Crippen LogP contribution >= 0.6 is 0 Å². The van der Waals surface area contributed by atoms with Crippen LogP contribution in [0.3, 0.4) is 0 Å². The van der Waals surface area contributed by atoms with Crippen molar-refractivity contribution in [1.82, 2.24) is 9.80 Å². The highest BCUT2D eigenvalue weighted by Gasteiger charge is 2.18. The fourth-order valence-electron chi connectivity index (χ4n) is 1.15. The number of nitrogens with one attached hydrogen (secondary N) is 1. The third kappa shape index (κ3) is 4.18. The Morgan fingerprint density at radius 2 is 1.93 bits per heavy atom. The summed E-state index contributed by atoms with van der Waals surface area (Å²) in [5, 5.41) is 7.29. The molecule has 3 N–H and O–H groups in total. The molecule has 1 atom stereocenters. The molecule has 0 radical (unpaired) electrons. The number of nitrogens with zero attached hydrogens (tertiary/aromatic N) is 2. The monoisotopic (exact) mass is 214 g/mol. The molecule has 0 aromatic carbocycles. The number of carbonyl (C=O) groups is 1. The lowest BCUT2D eigenvalue weighted by Crippen LogP contribution is -2.44. The first-order valence-corrected chi connectivity index (χ1v) is 5.27. The summed E-state index contributed by atoms with van der Waals surface area (Å²) in [5.74, 6) is 0.0413. The van der Waals surface area contributed by atoms with Gasteiger partial charge in [-0.3, -0.25) is 5.41 Å². The number of rotatable bonds is 5. The largest absolute Gasteiger partial charge is 0.387 e. The van der Waals surface area contributed by atoms with Gasteiger partial charge >= 0.3 is 6.03 Å². The van der Waals surface area contributed by atoms with Gasteiger partial charge in [0.05, 0.1) is 5.84 Å². The van der Waals surface area contributed by atoms with Crippen molar-refractivity contribution in [2.24, 2.45) is 11.7 Å². The predicted molar refractivity (Wildman–Crippen MR) is 62.0 cm³/mol. The van der Waals surface area contributed by atoms with Crippen LogP contribution < -0.4 is 5.73 Å². The maximum Gasteiger partial charge on any atom is 0.319 e. The summed E-state index contributed by atoms with van der Waals surface area (Å²) in [6, 6.07) is -0.00639. The molecular formula is C10H22N4O. The van der Waals surface area contributed by atoms with Gasteiger partial charge in [0.1, 0.15) is 0 Å². The second kappa shape index (κ2) is 6.27. The minimum absolute atomic E-state index is 0.00639. The van der Waals surface area contributed by atoms with Gasteiger partial charge in [0, 0.05) is 32.6 Å². The second-order valence-corrected chi connectivity index (χ2v) is 3.69. The maximum absolute atomic E-state index is 11.8. The molecule has 1 unspecified atom stereocenters. The van der Waals surface area contributed by atoms with Crippen LogP contribution in [0.2, 0.25) is 0 Å². The van der Waals surface area contributed by atoms with Crippen molar-refractivity contribution < 1.29 is 4.79 Å². The maximum atomic E-state index is 11.8. The Kier molecular flexibility index (Phi) is 5.74. The van der Waals surface area contributed by atoms with Crippen LogP contribution in [-0.4, -0.2) is 48.3 Å².